The van der Waals surface area contributed by atoms with Crippen LogP contribution in [0.25, 0.3) is 0 Å². The summed E-state index contributed by atoms with van der Waals surface area (Å²) in [5, 5.41) is 3.15. The van der Waals surface area contributed by atoms with Gasteiger partial charge in [0.2, 0.25) is 0 Å². The summed E-state index contributed by atoms with van der Waals surface area (Å²) in [6, 6.07) is 0.923. The van der Waals surface area contributed by atoms with Crippen molar-refractivity contribution >= 4 is 6.03 Å². The van der Waals surface area contributed by atoms with Gasteiger partial charge in [0.15, 0.2) is 0 Å². The fraction of sp³-hybridized carbons (Fsp3) is 0.947. The maximum Gasteiger partial charge on any atom is 0.317 e. The second-order valence-electron chi connectivity index (χ2n) is 7.91. The highest BCUT2D eigenvalue weighted by Crippen LogP contribution is 2.24. The van der Waals surface area contributed by atoms with Crippen molar-refractivity contribution < 1.29 is 9.53 Å². The first kappa shape index (κ1) is 18.0. The zero-order valence-corrected chi connectivity index (χ0v) is 15.3. The zero-order valence-electron chi connectivity index (χ0n) is 15.3. The van der Waals surface area contributed by atoms with Crippen LogP contribution in [0.15, 0.2) is 0 Å². The lowest BCUT2D eigenvalue weighted by atomic mass is 9.93. The molecule has 3 aliphatic rings. The molecule has 5 heteroatoms. The third-order valence-electron chi connectivity index (χ3n) is 6.08. The van der Waals surface area contributed by atoms with E-state index in [-0.39, 0.29) is 6.03 Å². The molecule has 0 aromatic heterocycles. The molecule has 3 fully saturated rings. The lowest BCUT2D eigenvalue weighted by molar-refractivity contribution is 0.00112. The number of ether oxygens (including phenoxy) is 1. The van der Waals surface area contributed by atoms with Gasteiger partial charge in [-0.05, 0) is 51.4 Å². The molecule has 2 aliphatic heterocycles. The van der Waals surface area contributed by atoms with Crippen LogP contribution in [0.1, 0.15) is 58.3 Å². The van der Waals surface area contributed by atoms with Gasteiger partial charge in [-0.2, -0.15) is 0 Å². The number of urea groups is 1. The second kappa shape index (κ2) is 9.04. The summed E-state index contributed by atoms with van der Waals surface area (Å²) < 4.78 is 5.60. The van der Waals surface area contributed by atoms with Gasteiger partial charge in [-0.3, -0.25) is 4.90 Å². The molecule has 2 heterocycles. The number of hydrogen-bond donors (Lipinski definition) is 1. The van der Waals surface area contributed by atoms with Crippen LogP contribution in [0.3, 0.4) is 0 Å². The maximum atomic E-state index is 12.5. The van der Waals surface area contributed by atoms with E-state index in [0.717, 1.165) is 71.1 Å². The molecule has 0 aromatic carbocycles. The van der Waals surface area contributed by atoms with E-state index in [1.807, 2.05) is 4.90 Å². The third-order valence-corrected chi connectivity index (χ3v) is 6.08. The van der Waals surface area contributed by atoms with Crippen LogP contribution in [0, 0.1) is 5.92 Å². The minimum absolute atomic E-state index is 0.142. The fourth-order valence-electron chi connectivity index (χ4n) is 4.62. The van der Waals surface area contributed by atoms with Gasteiger partial charge in [0.1, 0.15) is 0 Å². The maximum absolute atomic E-state index is 12.5. The SMILES string of the molecule is CC1CC(CCNC(=O)N2CCCN(C3CCCC3)CC2)CCO1. The summed E-state index contributed by atoms with van der Waals surface area (Å²) >= 11 is 0. The Kier molecular flexibility index (Phi) is 6.78. The molecule has 1 saturated carbocycles. The number of hydrogen-bond acceptors (Lipinski definition) is 3. The molecule has 0 radical (unpaired) electrons. The van der Waals surface area contributed by atoms with E-state index in [0.29, 0.717) is 12.0 Å². The zero-order chi connectivity index (χ0) is 16.8. The van der Waals surface area contributed by atoms with Gasteiger partial charge >= 0.3 is 6.03 Å². The quantitative estimate of drug-likeness (QED) is 0.858. The van der Waals surface area contributed by atoms with E-state index in [9.17, 15) is 4.79 Å². The molecule has 3 rings (SSSR count). The molecule has 2 atom stereocenters. The summed E-state index contributed by atoms with van der Waals surface area (Å²) in [6.07, 6.45) is 10.3. The lowest BCUT2D eigenvalue weighted by Crippen LogP contribution is -2.43. The Hall–Kier alpha value is -0.810. The average molecular weight is 338 g/mol. The summed E-state index contributed by atoms with van der Waals surface area (Å²) in [5.41, 5.74) is 0. The highest BCUT2D eigenvalue weighted by Gasteiger charge is 2.26. The van der Waals surface area contributed by atoms with E-state index >= 15 is 0 Å². The van der Waals surface area contributed by atoms with Crippen molar-refractivity contribution in [3.05, 3.63) is 0 Å². The summed E-state index contributed by atoms with van der Waals surface area (Å²) in [6.45, 7) is 7.84. The average Bonchev–Trinajstić information content (AvgIpc) is 2.99. The van der Waals surface area contributed by atoms with Gasteiger partial charge in [0.25, 0.3) is 0 Å². The van der Waals surface area contributed by atoms with Crippen LogP contribution in [0.4, 0.5) is 4.79 Å². The molecule has 0 aromatic rings. The van der Waals surface area contributed by atoms with Gasteiger partial charge in [-0.1, -0.05) is 12.8 Å². The monoisotopic (exact) mass is 337 g/mol. The Morgan fingerprint density at radius 2 is 1.92 bits per heavy atom. The van der Waals surface area contributed by atoms with E-state index in [4.69, 9.17) is 4.74 Å². The number of amides is 2. The molecule has 2 saturated heterocycles. The van der Waals surface area contributed by atoms with Crippen LogP contribution in [0.2, 0.25) is 0 Å². The number of nitrogens with zero attached hydrogens (tertiary/aromatic N) is 2. The van der Waals surface area contributed by atoms with Crippen LogP contribution in [-0.4, -0.2) is 67.3 Å². The Bertz CT molecular complexity index is 398. The van der Waals surface area contributed by atoms with Gasteiger partial charge in [-0.15, -0.1) is 0 Å². The number of nitrogens with one attached hydrogen (secondary N) is 1. The summed E-state index contributed by atoms with van der Waals surface area (Å²) in [4.78, 5) is 17.1. The highest BCUT2D eigenvalue weighted by atomic mass is 16.5. The van der Waals surface area contributed by atoms with Crippen LogP contribution in [-0.2, 0) is 4.74 Å². The van der Waals surface area contributed by atoms with Crippen molar-refractivity contribution in [1.29, 1.82) is 0 Å². The first-order chi connectivity index (χ1) is 11.7. The Morgan fingerprint density at radius 1 is 1.08 bits per heavy atom. The molecule has 24 heavy (non-hydrogen) atoms. The number of carbonyl (C=O) groups excluding carboxylic acids is 1. The van der Waals surface area contributed by atoms with E-state index in [2.05, 4.69) is 17.1 Å². The Balaban J connectivity index is 1.35. The highest BCUT2D eigenvalue weighted by molar-refractivity contribution is 5.74. The van der Waals surface area contributed by atoms with Crippen molar-refractivity contribution in [3.63, 3.8) is 0 Å². The van der Waals surface area contributed by atoms with Gasteiger partial charge in [0, 0.05) is 45.4 Å². The van der Waals surface area contributed by atoms with E-state index in [1.165, 1.54) is 25.7 Å². The third kappa shape index (κ3) is 5.09. The van der Waals surface area contributed by atoms with Crippen LogP contribution >= 0.6 is 0 Å². The molecule has 2 unspecified atom stereocenters. The summed E-state index contributed by atoms with van der Waals surface area (Å²) in [7, 11) is 0. The second-order valence-corrected chi connectivity index (χ2v) is 7.91. The fourth-order valence-corrected chi connectivity index (χ4v) is 4.62. The molecule has 138 valence electrons. The Labute approximate surface area is 147 Å². The molecular formula is C19H35N3O2. The Morgan fingerprint density at radius 3 is 2.71 bits per heavy atom. The largest absolute Gasteiger partial charge is 0.378 e. The van der Waals surface area contributed by atoms with Gasteiger partial charge < -0.3 is 15.0 Å². The predicted octanol–water partition coefficient (Wildman–Crippen LogP) is 2.85. The first-order valence-electron chi connectivity index (χ1n) is 10.1. The minimum Gasteiger partial charge on any atom is -0.378 e. The molecule has 0 bridgehead atoms. The standard InChI is InChI=1S/C19H35N3O2/c1-16-15-17(8-14-24-16)7-9-20-19(23)22-11-4-10-21(12-13-22)18-5-2-3-6-18/h16-18H,2-15H2,1H3,(H,20,23). The molecular weight excluding hydrogens is 302 g/mol. The van der Waals surface area contributed by atoms with Crippen LogP contribution in [0.5, 0.6) is 0 Å². The number of rotatable bonds is 4. The lowest BCUT2D eigenvalue weighted by Gasteiger charge is -2.28. The minimum atomic E-state index is 0.142. The summed E-state index contributed by atoms with van der Waals surface area (Å²) in [5.74, 6) is 0.705. The van der Waals surface area contributed by atoms with Crippen LogP contribution < -0.4 is 5.32 Å². The van der Waals surface area contributed by atoms with Crippen molar-refractivity contribution in [2.24, 2.45) is 5.92 Å². The van der Waals surface area contributed by atoms with Gasteiger partial charge in [-0.25, -0.2) is 4.79 Å². The molecule has 1 N–H and O–H groups in total. The molecule has 5 nitrogen and oxygen atoms in total. The predicted molar refractivity (Wildman–Crippen MR) is 96.2 cm³/mol. The molecule has 0 spiro atoms. The first-order valence-corrected chi connectivity index (χ1v) is 10.1. The van der Waals surface area contributed by atoms with Gasteiger partial charge in [0.05, 0.1) is 6.10 Å². The van der Waals surface area contributed by atoms with Crippen molar-refractivity contribution in [2.45, 2.75) is 70.4 Å². The van der Waals surface area contributed by atoms with E-state index < -0.39 is 0 Å². The topological polar surface area (TPSA) is 44.8 Å². The van der Waals surface area contributed by atoms with E-state index in [1.54, 1.807) is 0 Å². The number of carbonyl (C=O) groups is 1. The van der Waals surface area contributed by atoms with Crippen molar-refractivity contribution in [2.75, 3.05) is 39.3 Å². The van der Waals surface area contributed by atoms with Crippen molar-refractivity contribution in [1.82, 2.24) is 15.1 Å². The normalized spacial score (nSPS) is 30.3. The molecule has 1 aliphatic carbocycles. The molecule has 2 amide bonds. The smallest absolute Gasteiger partial charge is 0.317 e. The van der Waals surface area contributed by atoms with Crippen molar-refractivity contribution in [3.8, 4) is 0 Å².